The van der Waals surface area contributed by atoms with E-state index >= 15 is 0 Å². The predicted octanol–water partition coefficient (Wildman–Crippen LogP) is 3.04. The molecule has 0 atom stereocenters. The molecule has 0 saturated carbocycles. The third kappa shape index (κ3) is 3.21. The van der Waals surface area contributed by atoms with E-state index in [-0.39, 0.29) is 0 Å². The first-order valence-electron chi connectivity index (χ1n) is 5.93. The van der Waals surface area contributed by atoms with Crippen molar-refractivity contribution in [3.05, 3.63) is 34.9 Å². The average Bonchev–Trinajstić information content (AvgIpc) is 2.30. The Kier molecular flexibility index (Phi) is 7.28. The van der Waals surface area contributed by atoms with E-state index in [9.17, 15) is 0 Å². The number of hydrogen-bond donors (Lipinski definition) is 0. The molecule has 0 unspecified atom stereocenters. The number of aryl methyl sites for hydroxylation is 2. The highest BCUT2D eigenvalue weighted by atomic mass is 14.1. The van der Waals surface area contributed by atoms with Crippen molar-refractivity contribution in [2.24, 2.45) is 0 Å². The smallest absolute Gasteiger partial charge is 0.0927 e. The topological polar surface area (TPSA) is 0 Å². The first-order chi connectivity index (χ1) is 6.83. The summed E-state index contributed by atoms with van der Waals surface area (Å²) in [6, 6.07) is 6.67. The highest BCUT2D eigenvalue weighted by Gasteiger charge is 2.02. The van der Waals surface area contributed by atoms with Gasteiger partial charge in [0.25, 0.3) is 0 Å². The molecule has 0 amide bonds. The predicted molar refractivity (Wildman–Crippen MR) is 69.0 cm³/mol. The van der Waals surface area contributed by atoms with E-state index in [1.807, 2.05) is 14.7 Å². The Labute approximate surface area is 90.1 Å². The maximum Gasteiger partial charge on any atom is 0.0973 e. The van der Waals surface area contributed by atoms with Crippen LogP contribution in [0.1, 0.15) is 37.5 Å². The first-order valence-corrected chi connectivity index (χ1v) is 5.93. The minimum atomic E-state index is 1.16. The molecule has 78 valence electrons. The zero-order chi connectivity index (χ0) is 11.0. The maximum absolute atomic E-state index is 2.25. The van der Waals surface area contributed by atoms with Gasteiger partial charge in [0.1, 0.15) is 0 Å². The standard InChI is InChI=1S/C12H18.CH5B/c1-4-10-8-7-9-11(5-2)12(10)6-3;1-2/h7-9H,4-6H2,1-3H3;2H2,1H3. The van der Waals surface area contributed by atoms with Crippen molar-refractivity contribution < 1.29 is 0 Å². The van der Waals surface area contributed by atoms with Crippen molar-refractivity contribution in [2.45, 2.75) is 46.9 Å². The minimum Gasteiger partial charge on any atom is -0.0927 e. The summed E-state index contributed by atoms with van der Waals surface area (Å²) in [4.78, 5) is 0. The number of benzene rings is 1. The number of hydrogen-bond acceptors (Lipinski definition) is 0. The van der Waals surface area contributed by atoms with Gasteiger partial charge >= 0.3 is 0 Å². The van der Waals surface area contributed by atoms with Crippen molar-refractivity contribution in [1.29, 1.82) is 0 Å². The molecular weight excluding hydrogens is 167 g/mol. The van der Waals surface area contributed by atoms with Crippen LogP contribution < -0.4 is 0 Å². The molecule has 1 rings (SSSR count). The second kappa shape index (κ2) is 7.67. The van der Waals surface area contributed by atoms with Crippen LogP contribution in [-0.4, -0.2) is 7.85 Å². The quantitative estimate of drug-likeness (QED) is 0.642. The van der Waals surface area contributed by atoms with Crippen LogP contribution in [0.15, 0.2) is 18.2 Å². The Morgan fingerprint density at radius 2 is 1.29 bits per heavy atom. The van der Waals surface area contributed by atoms with Crippen LogP contribution in [0.3, 0.4) is 0 Å². The zero-order valence-corrected chi connectivity index (χ0v) is 10.4. The summed E-state index contributed by atoms with van der Waals surface area (Å²) < 4.78 is 0. The van der Waals surface area contributed by atoms with E-state index in [2.05, 4.69) is 39.0 Å². The summed E-state index contributed by atoms with van der Waals surface area (Å²) in [6.07, 6.45) is 3.50. The average molecular weight is 190 g/mol. The summed E-state index contributed by atoms with van der Waals surface area (Å²) in [5, 5.41) is 0. The Balaban J connectivity index is 0.000000791. The zero-order valence-electron chi connectivity index (χ0n) is 10.4. The molecule has 0 saturated heterocycles. The summed E-state index contributed by atoms with van der Waals surface area (Å²) in [7, 11) is 2.00. The molecule has 0 bridgehead atoms. The van der Waals surface area contributed by atoms with Crippen LogP contribution in [0, 0.1) is 0 Å². The van der Waals surface area contributed by atoms with Crippen molar-refractivity contribution >= 4 is 7.85 Å². The van der Waals surface area contributed by atoms with Crippen LogP contribution in [0.4, 0.5) is 0 Å². The summed E-state index contributed by atoms with van der Waals surface area (Å²) >= 11 is 0. The van der Waals surface area contributed by atoms with Crippen LogP contribution >= 0.6 is 0 Å². The number of rotatable bonds is 3. The lowest BCUT2D eigenvalue weighted by atomic mass is 9.96. The van der Waals surface area contributed by atoms with Crippen LogP contribution in [0.2, 0.25) is 6.82 Å². The van der Waals surface area contributed by atoms with Gasteiger partial charge in [-0.3, -0.25) is 0 Å². The Hall–Kier alpha value is -0.715. The summed E-state index contributed by atoms with van der Waals surface area (Å²) in [6.45, 7) is 8.70. The highest BCUT2D eigenvalue weighted by Crippen LogP contribution is 2.16. The van der Waals surface area contributed by atoms with Crippen molar-refractivity contribution in [1.82, 2.24) is 0 Å². The van der Waals surface area contributed by atoms with Crippen LogP contribution in [-0.2, 0) is 19.3 Å². The lowest BCUT2D eigenvalue weighted by Gasteiger charge is -2.10. The molecule has 0 spiro atoms. The summed E-state index contributed by atoms with van der Waals surface area (Å²) in [5.41, 5.74) is 4.62. The Morgan fingerprint density at radius 1 is 0.857 bits per heavy atom. The minimum absolute atomic E-state index is 1.16. The van der Waals surface area contributed by atoms with Gasteiger partial charge in [0.05, 0.1) is 7.85 Å². The second-order valence-electron chi connectivity index (χ2n) is 3.12. The van der Waals surface area contributed by atoms with Crippen LogP contribution in [0.25, 0.3) is 0 Å². The van der Waals surface area contributed by atoms with Gasteiger partial charge in [-0.2, -0.15) is 0 Å². The normalized spacial score (nSPS) is 9.14. The second-order valence-corrected chi connectivity index (χ2v) is 3.12. The van der Waals surface area contributed by atoms with Gasteiger partial charge in [0.15, 0.2) is 0 Å². The van der Waals surface area contributed by atoms with Crippen molar-refractivity contribution in [3.8, 4) is 0 Å². The summed E-state index contributed by atoms with van der Waals surface area (Å²) in [5.74, 6) is 0. The monoisotopic (exact) mass is 190 g/mol. The van der Waals surface area contributed by atoms with Gasteiger partial charge in [-0.05, 0) is 36.0 Å². The molecule has 1 aromatic carbocycles. The lowest BCUT2D eigenvalue weighted by molar-refractivity contribution is 0.981. The van der Waals surface area contributed by atoms with E-state index in [1.54, 1.807) is 5.56 Å². The van der Waals surface area contributed by atoms with Crippen LogP contribution in [0.5, 0.6) is 0 Å². The Bertz CT molecular complexity index is 231. The van der Waals surface area contributed by atoms with E-state index in [0.717, 1.165) is 12.8 Å². The molecule has 0 N–H and O–H groups in total. The maximum atomic E-state index is 2.25. The molecular formula is C13H23B. The molecule has 0 nitrogen and oxygen atoms in total. The van der Waals surface area contributed by atoms with Crippen molar-refractivity contribution in [2.75, 3.05) is 0 Å². The third-order valence-corrected chi connectivity index (χ3v) is 2.49. The largest absolute Gasteiger partial charge is 0.0973 e. The van der Waals surface area contributed by atoms with E-state index in [1.165, 1.54) is 17.5 Å². The SMILES string of the molecule is BC.CCc1cccc(CC)c1CC. The molecule has 0 aromatic heterocycles. The molecule has 1 aromatic rings. The molecule has 0 aliphatic carbocycles. The van der Waals surface area contributed by atoms with Gasteiger partial charge in [0, 0.05) is 0 Å². The van der Waals surface area contributed by atoms with E-state index in [4.69, 9.17) is 0 Å². The van der Waals surface area contributed by atoms with Gasteiger partial charge in [-0.25, -0.2) is 0 Å². The Morgan fingerprint density at radius 3 is 1.57 bits per heavy atom. The molecule has 14 heavy (non-hydrogen) atoms. The van der Waals surface area contributed by atoms with Gasteiger partial charge in [-0.15, -0.1) is 0 Å². The lowest BCUT2D eigenvalue weighted by Crippen LogP contribution is -1.96. The van der Waals surface area contributed by atoms with Gasteiger partial charge in [0.2, 0.25) is 0 Å². The van der Waals surface area contributed by atoms with Crippen molar-refractivity contribution in [3.63, 3.8) is 0 Å². The highest BCUT2D eigenvalue weighted by molar-refractivity contribution is 6.05. The molecule has 0 heterocycles. The van der Waals surface area contributed by atoms with Gasteiger partial charge in [-0.1, -0.05) is 45.8 Å². The third-order valence-electron chi connectivity index (χ3n) is 2.49. The van der Waals surface area contributed by atoms with E-state index < -0.39 is 0 Å². The van der Waals surface area contributed by atoms with E-state index in [0.29, 0.717) is 0 Å². The van der Waals surface area contributed by atoms with Gasteiger partial charge < -0.3 is 0 Å². The molecule has 0 aliphatic heterocycles. The molecule has 0 aliphatic rings. The molecule has 0 fully saturated rings. The molecule has 1 heteroatoms. The first kappa shape index (κ1) is 13.3. The fourth-order valence-electron chi connectivity index (χ4n) is 1.80. The fraction of sp³-hybridized carbons (Fsp3) is 0.538. The fourth-order valence-corrected chi connectivity index (χ4v) is 1.80. The molecule has 0 radical (unpaired) electrons.